The summed E-state index contributed by atoms with van der Waals surface area (Å²) in [7, 11) is 0. The number of carboxylic acid groups (broad SMARTS) is 1. The van der Waals surface area contributed by atoms with Crippen LogP contribution in [0, 0.1) is 5.92 Å². The molecule has 0 spiro atoms. The van der Waals surface area contributed by atoms with E-state index in [1.807, 2.05) is 0 Å². The molecule has 8 heteroatoms. The van der Waals surface area contributed by atoms with E-state index in [2.05, 4.69) is 5.32 Å². The van der Waals surface area contributed by atoms with E-state index in [1.54, 1.807) is 48.5 Å². The van der Waals surface area contributed by atoms with Crippen molar-refractivity contribution in [3.8, 4) is 5.75 Å². The lowest BCUT2D eigenvalue weighted by Crippen LogP contribution is -2.33. The third-order valence-electron chi connectivity index (χ3n) is 4.10. The summed E-state index contributed by atoms with van der Waals surface area (Å²) in [6, 6.07) is 13.3. The summed E-state index contributed by atoms with van der Waals surface area (Å²) in [5.41, 5.74) is 0.998. The second-order valence-electron chi connectivity index (χ2n) is 6.04. The Bertz CT molecular complexity index is 869. The van der Waals surface area contributed by atoms with Gasteiger partial charge in [-0.2, -0.15) is 0 Å². The third kappa shape index (κ3) is 4.57. The number of amides is 2. The molecule has 1 heterocycles. The Morgan fingerprint density at radius 2 is 1.89 bits per heavy atom. The van der Waals surface area contributed by atoms with E-state index in [-0.39, 0.29) is 31.4 Å². The molecule has 1 N–H and O–H groups in total. The lowest BCUT2D eigenvalue weighted by molar-refractivity contribution is -0.310. The van der Waals surface area contributed by atoms with Crippen LogP contribution in [0.1, 0.15) is 6.42 Å². The number of carboxylic acids is 1. The molecule has 7 nitrogen and oxygen atoms in total. The molecule has 0 bridgehead atoms. The van der Waals surface area contributed by atoms with Crippen LogP contribution in [0.2, 0.25) is 5.02 Å². The maximum atomic E-state index is 12.1. The van der Waals surface area contributed by atoms with Crippen molar-refractivity contribution in [2.45, 2.75) is 6.42 Å². The van der Waals surface area contributed by atoms with Crippen molar-refractivity contribution in [1.29, 1.82) is 0 Å². The number of aliphatic carboxylic acids is 1. The number of halogens is 1. The number of hydrogen-bond donors (Lipinski definition) is 1. The second-order valence-corrected chi connectivity index (χ2v) is 6.47. The zero-order valence-corrected chi connectivity index (χ0v) is 14.9. The first-order valence-corrected chi connectivity index (χ1v) is 8.60. The van der Waals surface area contributed by atoms with Gasteiger partial charge in [-0.3, -0.25) is 9.59 Å². The minimum absolute atomic E-state index is 0.0124. The molecule has 1 aliphatic heterocycles. The van der Waals surface area contributed by atoms with Gasteiger partial charge in [0.05, 0.1) is 5.69 Å². The van der Waals surface area contributed by atoms with Crippen molar-refractivity contribution in [2.75, 3.05) is 23.4 Å². The van der Waals surface area contributed by atoms with Gasteiger partial charge in [-0.05, 0) is 36.4 Å². The molecule has 140 valence electrons. The summed E-state index contributed by atoms with van der Waals surface area (Å²) < 4.78 is 5.56. The minimum atomic E-state index is -1.26. The van der Waals surface area contributed by atoms with Gasteiger partial charge in [0.1, 0.15) is 5.75 Å². The average molecular weight is 388 g/mol. The molecule has 1 atom stereocenters. The summed E-state index contributed by atoms with van der Waals surface area (Å²) in [6.45, 7) is -0.260. The highest BCUT2D eigenvalue weighted by atomic mass is 35.5. The Balaban J connectivity index is 1.66. The summed E-state index contributed by atoms with van der Waals surface area (Å²) in [6.07, 6.45) is -0.117. The molecular formula is C19H16ClN2O5-. The Kier molecular flexibility index (Phi) is 5.61. The van der Waals surface area contributed by atoms with Gasteiger partial charge in [-0.15, -0.1) is 0 Å². The van der Waals surface area contributed by atoms with Crippen LogP contribution in [0.5, 0.6) is 5.75 Å². The van der Waals surface area contributed by atoms with Gasteiger partial charge in [0.25, 0.3) is 5.91 Å². The van der Waals surface area contributed by atoms with Gasteiger partial charge in [-0.25, -0.2) is 0 Å². The topological polar surface area (TPSA) is 98.8 Å². The highest BCUT2D eigenvalue weighted by Gasteiger charge is 2.32. The molecule has 0 saturated carbocycles. The van der Waals surface area contributed by atoms with Crippen molar-refractivity contribution in [3.05, 3.63) is 53.6 Å². The van der Waals surface area contributed by atoms with Crippen LogP contribution >= 0.6 is 11.6 Å². The molecule has 2 aromatic rings. The van der Waals surface area contributed by atoms with Gasteiger partial charge in [0.2, 0.25) is 5.91 Å². The zero-order valence-electron chi connectivity index (χ0n) is 14.2. The molecule has 1 fully saturated rings. The lowest BCUT2D eigenvalue weighted by atomic mass is 10.1. The number of ether oxygens (including phenoxy) is 1. The molecule has 0 aromatic heterocycles. The smallest absolute Gasteiger partial charge is 0.262 e. The molecule has 2 amide bonds. The quantitative estimate of drug-likeness (QED) is 0.809. The Labute approximate surface area is 160 Å². The van der Waals surface area contributed by atoms with E-state index in [9.17, 15) is 19.5 Å². The fraction of sp³-hybridized carbons (Fsp3) is 0.211. The number of hydrogen-bond acceptors (Lipinski definition) is 5. The Hall–Kier alpha value is -3.06. The second kappa shape index (κ2) is 8.09. The SMILES string of the molecule is O=C(COc1ccccc1N1C[C@H](C(=O)[O-])CC1=O)Nc1ccc(Cl)cc1. The van der Waals surface area contributed by atoms with Crippen LogP contribution in [-0.4, -0.2) is 30.9 Å². The van der Waals surface area contributed by atoms with Crippen molar-refractivity contribution < 1.29 is 24.2 Å². The van der Waals surface area contributed by atoms with Gasteiger partial charge in [0, 0.05) is 35.6 Å². The number of carbonyl (C=O) groups excluding carboxylic acids is 3. The van der Waals surface area contributed by atoms with Gasteiger partial charge >= 0.3 is 0 Å². The number of benzene rings is 2. The summed E-state index contributed by atoms with van der Waals surface area (Å²) in [4.78, 5) is 36.6. The normalized spacial score (nSPS) is 16.3. The first-order valence-electron chi connectivity index (χ1n) is 8.22. The molecule has 0 aliphatic carbocycles. The monoisotopic (exact) mass is 387 g/mol. The maximum absolute atomic E-state index is 12.1. The first kappa shape index (κ1) is 18.7. The highest BCUT2D eigenvalue weighted by molar-refractivity contribution is 6.30. The molecule has 0 unspecified atom stereocenters. The van der Waals surface area contributed by atoms with E-state index < -0.39 is 11.9 Å². The Morgan fingerprint density at radius 3 is 2.56 bits per heavy atom. The van der Waals surface area contributed by atoms with E-state index >= 15 is 0 Å². The minimum Gasteiger partial charge on any atom is -0.550 e. The van der Waals surface area contributed by atoms with Gasteiger partial charge in [-0.1, -0.05) is 23.7 Å². The lowest BCUT2D eigenvalue weighted by Gasteiger charge is -2.20. The predicted molar refractivity (Wildman–Crippen MR) is 97.5 cm³/mol. The van der Waals surface area contributed by atoms with E-state index in [0.29, 0.717) is 22.1 Å². The van der Waals surface area contributed by atoms with Gasteiger partial charge < -0.3 is 24.9 Å². The van der Waals surface area contributed by atoms with Crippen molar-refractivity contribution >= 4 is 40.8 Å². The molecule has 1 aliphatic rings. The van der Waals surface area contributed by atoms with E-state index in [1.165, 1.54) is 4.90 Å². The van der Waals surface area contributed by atoms with E-state index in [0.717, 1.165) is 0 Å². The zero-order chi connectivity index (χ0) is 19.4. The van der Waals surface area contributed by atoms with Gasteiger partial charge in [0.15, 0.2) is 6.61 Å². The van der Waals surface area contributed by atoms with Crippen LogP contribution in [0.3, 0.4) is 0 Å². The molecule has 2 aromatic carbocycles. The van der Waals surface area contributed by atoms with Crippen LogP contribution in [-0.2, 0) is 14.4 Å². The van der Waals surface area contributed by atoms with Crippen LogP contribution in [0.15, 0.2) is 48.5 Å². The Morgan fingerprint density at radius 1 is 1.19 bits per heavy atom. The fourth-order valence-electron chi connectivity index (χ4n) is 2.77. The molecule has 3 rings (SSSR count). The maximum Gasteiger partial charge on any atom is 0.262 e. The standard InChI is InChI=1S/C19H17ClN2O5/c20-13-5-7-14(8-6-13)21-17(23)11-27-16-4-2-1-3-15(16)22-10-12(19(25)26)9-18(22)24/h1-8,12H,9-11H2,(H,21,23)(H,25,26)/p-1/t12-/m1/s1. The molecular weight excluding hydrogens is 372 g/mol. The molecule has 27 heavy (non-hydrogen) atoms. The summed E-state index contributed by atoms with van der Waals surface area (Å²) in [5.74, 6) is -2.51. The number of anilines is 2. The number of rotatable bonds is 6. The summed E-state index contributed by atoms with van der Waals surface area (Å²) >= 11 is 5.80. The largest absolute Gasteiger partial charge is 0.550 e. The van der Waals surface area contributed by atoms with Crippen molar-refractivity contribution in [1.82, 2.24) is 0 Å². The molecule has 1 saturated heterocycles. The number of para-hydroxylation sites is 2. The van der Waals surface area contributed by atoms with Crippen molar-refractivity contribution in [3.63, 3.8) is 0 Å². The summed E-state index contributed by atoms with van der Waals surface area (Å²) in [5, 5.41) is 14.3. The van der Waals surface area contributed by atoms with Crippen LogP contribution in [0.4, 0.5) is 11.4 Å². The number of nitrogens with zero attached hydrogens (tertiary/aromatic N) is 1. The van der Waals surface area contributed by atoms with Crippen LogP contribution < -0.4 is 20.1 Å². The highest BCUT2D eigenvalue weighted by Crippen LogP contribution is 2.32. The predicted octanol–water partition coefficient (Wildman–Crippen LogP) is 1.46. The molecule has 0 radical (unpaired) electrons. The van der Waals surface area contributed by atoms with E-state index in [4.69, 9.17) is 16.3 Å². The average Bonchev–Trinajstić information content (AvgIpc) is 3.04. The van der Waals surface area contributed by atoms with Crippen LogP contribution in [0.25, 0.3) is 0 Å². The first-order chi connectivity index (χ1) is 12.9. The van der Waals surface area contributed by atoms with Crippen molar-refractivity contribution in [2.24, 2.45) is 5.92 Å². The number of carbonyl (C=O) groups is 3. The third-order valence-corrected chi connectivity index (χ3v) is 4.35. The fourth-order valence-corrected chi connectivity index (χ4v) is 2.90. The number of nitrogens with one attached hydrogen (secondary N) is 1.